The van der Waals surface area contributed by atoms with Gasteiger partial charge in [-0.05, 0) is 50.9 Å². The number of carbonyl (C=O) groups excluding carboxylic acids is 2. The fourth-order valence-corrected chi connectivity index (χ4v) is 3.31. The lowest BCUT2D eigenvalue weighted by Gasteiger charge is -2.16. The molecule has 0 aliphatic carbocycles. The number of pyridine rings is 2. The normalized spacial score (nSPS) is 14.6. The van der Waals surface area contributed by atoms with Gasteiger partial charge in [0.2, 0.25) is 0 Å². The van der Waals surface area contributed by atoms with Crippen LogP contribution in [-0.4, -0.2) is 21.8 Å². The highest BCUT2D eigenvalue weighted by atomic mass is 79.9. The van der Waals surface area contributed by atoms with Crippen LogP contribution in [0.2, 0.25) is 0 Å². The highest BCUT2D eigenvalue weighted by Crippen LogP contribution is 2.38. The van der Waals surface area contributed by atoms with Crippen molar-refractivity contribution in [3.8, 4) is 0 Å². The minimum atomic E-state index is -4.64. The Balaban J connectivity index is 0.000000258. The number of rotatable bonds is 1. The quantitative estimate of drug-likeness (QED) is 0.331. The molecule has 6 nitrogen and oxygen atoms in total. The van der Waals surface area contributed by atoms with E-state index in [1.807, 2.05) is 0 Å². The van der Waals surface area contributed by atoms with E-state index < -0.39 is 41.1 Å². The van der Waals surface area contributed by atoms with E-state index in [-0.39, 0.29) is 25.4 Å². The van der Waals surface area contributed by atoms with Crippen LogP contribution in [0.4, 0.5) is 38.0 Å². The van der Waals surface area contributed by atoms with E-state index in [1.165, 1.54) is 6.92 Å². The molecule has 0 fully saturated rings. The molecule has 32 heavy (non-hydrogen) atoms. The first-order chi connectivity index (χ1) is 14.6. The summed E-state index contributed by atoms with van der Waals surface area (Å²) in [5, 5.41) is -0.326. The van der Waals surface area contributed by atoms with Crippen molar-refractivity contribution >= 4 is 66.9 Å². The van der Waals surface area contributed by atoms with E-state index in [1.54, 1.807) is 0 Å². The van der Waals surface area contributed by atoms with Gasteiger partial charge in [0, 0.05) is 26.9 Å². The lowest BCUT2D eigenvalue weighted by Crippen LogP contribution is -2.32. The fourth-order valence-electron chi connectivity index (χ4n) is 2.26. The molecule has 2 amide bonds. The zero-order chi connectivity index (χ0) is 24.6. The largest absolute Gasteiger partial charge is 0.417 e. The maximum Gasteiger partial charge on any atom is 0.417 e. The second-order valence-corrected chi connectivity index (χ2v) is 8.08. The van der Waals surface area contributed by atoms with E-state index in [2.05, 4.69) is 41.8 Å². The lowest BCUT2D eigenvalue weighted by molar-refractivity contribution is -0.139. The van der Waals surface area contributed by atoms with Crippen LogP contribution in [0.1, 0.15) is 18.1 Å². The zero-order valence-electron chi connectivity index (χ0n) is 15.4. The summed E-state index contributed by atoms with van der Waals surface area (Å²) in [6.07, 6.45) is -7.14. The van der Waals surface area contributed by atoms with E-state index in [0.717, 1.165) is 18.5 Å². The minimum absolute atomic E-state index is 0.0325. The zero-order valence-corrected chi connectivity index (χ0v) is 19.4. The third-order valence-corrected chi connectivity index (χ3v) is 5.51. The van der Waals surface area contributed by atoms with Crippen LogP contribution < -0.4 is 10.6 Å². The van der Waals surface area contributed by atoms with E-state index in [0.29, 0.717) is 11.0 Å². The molecule has 0 saturated heterocycles. The summed E-state index contributed by atoms with van der Waals surface area (Å²) < 4.78 is 74.3. The number of amides is 2. The number of anilines is 2. The Morgan fingerprint density at radius 2 is 1.38 bits per heavy atom. The molecule has 0 aromatic carbocycles. The van der Waals surface area contributed by atoms with Gasteiger partial charge in [-0.1, -0.05) is 11.6 Å². The van der Waals surface area contributed by atoms with Gasteiger partial charge in [0.1, 0.15) is 16.7 Å². The van der Waals surface area contributed by atoms with E-state index >= 15 is 0 Å². The molecule has 0 radical (unpaired) electrons. The first-order valence-corrected chi connectivity index (χ1v) is 9.98. The fraction of sp³-hybridized carbons (Fsp3) is 0.176. The third kappa shape index (κ3) is 5.59. The number of imide groups is 1. The number of hydrogen-bond acceptors (Lipinski definition) is 5. The lowest BCUT2D eigenvalue weighted by atomic mass is 10.2. The van der Waals surface area contributed by atoms with Gasteiger partial charge in [0.05, 0.1) is 11.1 Å². The Bertz CT molecular complexity index is 1100. The van der Waals surface area contributed by atoms with Crippen molar-refractivity contribution in [3.05, 3.63) is 55.2 Å². The van der Waals surface area contributed by atoms with Gasteiger partial charge in [0.15, 0.2) is 0 Å². The van der Waals surface area contributed by atoms with Gasteiger partial charge < -0.3 is 5.73 Å². The molecule has 0 spiro atoms. The van der Waals surface area contributed by atoms with Gasteiger partial charge in [-0.15, -0.1) is 0 Å². The van der Waals surface area contributed by atoms with E-state index in [9.17, 15) is 35.9 Å². The average Bonchev–Trinajstić information content (AvgIpc) is 2.86. The molecule has 0 bridgehead atoms. The van der Waals surface area contributed by atoms with Gasteiger partial charge in [-0.3, -0.25) is 9.59 Å². The Morgan fingerprint density at radius 3 is 1.78 bits per heavy atom. The summed E-state index contributed by atoms with van der Waals surface area (Å²) in [5.74, 6) is -2.25. The number of hydrogen-bond donors (Lipinski definition) is 1. The summed E-state index contributed by atoms with van der Waals surface area (Å²) in [6.45, 7) is 1.31. The van der Waals surface area contributed by atoms with Crippen LogP contribution in [0.3, 0.4) is 0 Å². The first kappa shape index (κ1) is 26.1. The highest BCUT2D eigenvalue weighted by molar-refractivity contribution is 9.10. The van der Waals surface area contributed by atoms with Crippen molar-refractivity contribution in [3.63, 3.8) is 0 Å². The number of halogens is 9. The Kier molecular flexibility index (Phi) is 7.62. The van der Waals surface area contributed by atoms with E-state index in [4.69, 9.17) is 17.3 Å². The van der Waals surface area contributed by atoms with Crippen molar-refractivity contribution in [2.24, 2.45) is 0 Å². The number of nitrogens with zero attached hydrogens (tertiary/aromatic N) is 3. The van der Waals surface area contributed by atoms with Gasteiger partial charge in [-0.2, -0.15) is 26.3 Å². The van der Waals surface area contributed by atoms with Gasteiger partial charge >= 0.3 is 12.4 Å². The summed E-state index contributed by atoms with van der Waals surface area (Å²) >= 11 is 11.1. The number of carbonyl (C=O) groups is 2. The summed E-state index contributed by atoms with van der Waals surface area (Å²) in [6, 6.07) is 1.40. The molecule has 0 atom stereocenters. The predicted octanol–water partition coefficient (Wildman–Crippen LogP) is 5.69. The number of nitrogen functional groups attached to an aromatic ring is 1. The first-order valence-electron chi connectivity index (χ1n) is 8.01. The second-order valence-electron chi connectivity index (χ2n) is 5.99. The smallest absolute Gasteiger partial charge is 0.384 e. The molecule has 3 heterocycles. The van der Waals surface area contributed by atoms with Crippen LogP contribution in [0.5, 0.6) is 0 Å². The molecular formula is C17H9Br2ClF6N4O2. The Morgan fingerprint density at radius 1 is 0.906 bits per heavy atom. The maximum atomic E-state index is 12.8. The summed E-state index contributed by atoms with van der Waals surface area (Å²) in [5.41, 5.74) is 3.21. The molecule has 3 rings (SSSR count). The van der Waals surface area contributed by atoms with Crippen molar-refractivity contribution in [1.29, 1.82) is 0 Å². The van der Waals surface area contributed by atoms with Crippen molar-refractivity contribution in [1.82, 2.24) is 9.97 Å². The van der Waals surface area contributed by atoms with Crippen LogP contribution in [-0.2, 0) is 21.9 Å². The predicted molar refractivity (Wildman–Crippen MR) is 109 cm³/mol. The summed E-state index contributed by atoms with van der Waals surface area (Å²) in [4.78, 5) is 31.2. The number of nitrogens with two attached hydrogens (primary N) is 1. The number of aromatic nitrogens is 2. The van der Waals surface area contributed by atoms with Crippen LogP contribution in [0.25, 0.3) is 0 Å². The molecule has 0 saturated carbocycles. The molecular weight excluding hydrogens is 601 g/mol. The minimum Gasteiger partial charge on any atom is -0.384 e. The summed E-state index contributed by atoms with van der Waals surface area (Å²) in [7, 11) is 0. The molecule has 0 unspecified atom stereocenters. The molecule has 1 aliphatic rings. The van der Waals surface area contributed by atoms with Crippen LogP contribution in [0.15, 0.2) is 44.1 Å². The standard InChI is InChI=1S/C11H5BrClF3N2O2.C6H4BrF3N2/c1-4-8(13)10(20)18(9(4)19)7-2-5(11(14,15)16)6(12)3-17-7;7-4-2-12-5(11)1-3(4)6(8,9)10/h2-3H,1H3;1-2H,(H2,11,12). The molecule has 2 aromatic heterocycles. The molecule has 172 valence electrons. The SMILES string of the molecule is CC1=C(Cl)C(=O)N(c2cc(C(F)(F)F)c(Br)cn2)C1=O.Nc1cc(C(F)(F)F)c(Br)cn1. The number of alkyl halides is 6. The third-order valence-electron chi connectivity index (χ3n) is 3.80. The highest BCUT2D eigenvalue weighted by Gasteiger charge is 2.39. The average molecular weight is 611 g/mol. The van der Waals surface area contributed by atoms with Gasteiger partial charge in [0.25, 0.3) is 11.8 Å². The second kappa shape index (κ2) is 9.35. The monoisotopic (exact) mass is 608 g/mol. The van der Waals surface area contributed by atoms with Gasteiger partial charge in [-0.25, -0.2) is 14.9 Å². The Labute approximate surface area is 197 Å². The molecule has 2 N–H and O–H groups in total. The van der Waals surface area contributed by atoms with Crippen molar-refractivity contribution in [2.75, 3.05) is 10.6 Å². The van der Waals surface area contributed by atoms with Crippen LogP contribution >= 0.6 is 43.5 Å². The molecule has 2 aromatic rings. The Hall–Kier alpha value is -2.19. The van der Waals surface area contributed by atoms with Crippen molar-refractivity contribution in [2.45, 2.75) is 19.3 Å². The van der Waals surface area contributed by atoms with Crippen LogP contribution in [0, 0.1) is 0 Å². The molecule has 1 aliphatic heterocycles. The topological polar surface area (TPSA) is 89.2 Å². The maximum absolute atomic E-state index is 12.8. The molecule has 15 heteroatoms. The van der Waals surface area contributed by atoms with Crippen molar-refractivity contribution < 1.29 is 35.9 Å².